The predicted molar refractivity (Wildman–Crippen MR) is 150 cm³/mol. The summed E-state index contributed by atoms with van der Waals surface area (Å²) in [6.45, 7) is 12.4. The van der Waals surface area contributed by atoms with E-state index in [1.54, 1.807) is 9.20 Å². The lowest BCUT2D eigenvalue weighted by atomic mass is 9.82. The largest absolute Gasteiger partial charge is 0.479 e. The van der Waals surface area contributed by atoms with Gasteiger partial charge >= 0.3 is 5.97 Å². The van der Waals surface area contributed by atoms with E-state index < -0.39 is 12.1 Å². The number of piperidine rings is 1. The third-order valence-corrected chi connectivity index (χ3v) is 7.41. The summed E-state index contributed by atoms with van der Waals surface area (Å²) in [5.41, 5.74) is 4.38. The molecule has 9 nitrogen and oxygen atoms in total. The van der Waals surface area contributed by atoms with E-state index in [1.807, 2.05) is 57.4 Å². The van der Waals surface area contributed by atoms with Crippen molar-refractivity contribution in [2.45, 2.75) is 60.0 Å². The molecule has 1 atom stereocenters. The lowest BCUT2D eigenvalue weighted by Gasteiger charge is -2.39. The number of hydrogen-bond acceptors (Lipinski definition) is 6. The number of rotatable bonds is 9. The van der Waals surface area contributed by atoms with Gasteiger partial charge in [-0.15, -0.1) is 5.10 Å². The molecule has 0 radical (unpaired) electrons. The lowest BCUT2D eigenvalue weighted by molar-refractivity contribution is -0.151. The minimum absolute atomic E-state index is 0.198. The van der Waals surface area contributed by atoms with Crippen LogP contribution in [0.4, 0.5) is 5.82 Å². The Morgan fingerprint density at radius 1 is 1.13 bits per heavy atom. The standard InChI is InChI=1S/C30H38N6O3/c1-20(2)19-39-27(29(37)38)26-21(3)32-24-16-25(33-36(24)28(26)34-13-11-30(4,5)12-14-34)35-18-23(17-31-35)15-22-9-7-6-8-10-22/h6-10,16-18,20,27H,11-15,19H2,1-5H3,(H,37,38)/t27-/m0/s1. The smallest absolute Gasteiger partial charge is 0.337 e. The van der Waals surface area contributed by atoms with E-state index in [1.165, 1.54) is 5.56 Å². The second kappa shape index (κ2) is 10.8. The maximum absolute atomic E-state index is 12.5. The fourth-order valence-electron chi connectivity index (χ4n) is 5.12. The fraction of sp³-hybridized carbons (Fsp3) is 0.467. The van der Waals surface area contributed by atoms with Gasteiger partial charge in [0, 0.05) is 37.5 Å². The molecule has 39 heavy (non-hydrogen) atoms. The molecule has 206 valence electrons. The molecule has 5 rings (SSSR count). The summed E-state index contributed by atoms with van der Waals surface area (Å²) in [4.78, 5) is 19.6. The molecule has 0 aliphatic carbocycles. The highest BCUT2D eigenvalue weighted by Gasteiger charge is 2.34. The zero-order valence-corrected chi connectivity index (χ0v) is 23.5. The van der Waals surface area contributed by atoms with Crippen molar-refractivity contribution in [3.05, 3.63) is 71.2 Å². The van der Waals surface area contributed by atoms with Crippen LogP contribution in [0.15, 0.2) is 48.8 Å². The number of anilines is 1. The number of hydrogen-bond donors (Lipinski definition) is 1. The molecule has 4 heterocycles. The Labute approximate surface area is 229 Å². The summed E-state index contributed by atoms with van der Waals surface area (Å²) >= 11 is 0. The van der Waals surface area contributed by atoms with Gasteiger partial charge in [0.05, 0.1) is 18.4 Å². The molecule has 1 N–H and O–H groups in total. The summed E-state index contributed by atoms with van der Waals surface area (Å²) in [6, 6.07) is 12.2. The average molecular weight is 531 g/mol. The molecule has 1 saturated heterocycles. The highest BCUT2D eigenvalue weighted by Crippen LogP contribution is 2.37. The number of carboxylic acid groups (broad SMARTS) is 1. The Bertz CT molecular complexity index is 1450. The SMILES string of the molecule is Cc1nc2cc(-n3cc(Cc4ccccc4)cn3)nn2c(N2CCC(C)(C)CC2)c1[C@H](OCC(C)C)C(=O)O. The number of aromatic nitrogens is 5. The second-order valence-electron chi connectivity index (χ2n) is 11.8. The Hall–Kier alpha value is -3.72. The molecule has 4 aromatic rings. The number of aliphatic carboxylic acids is 1. The predicted octanol–water partition coefficient (Wildman–Crippen LogP) is 5.24. The number of aryl methyl sites for hydroxylation is 1. The van der Waals surface area contributed by atoms with E-state index in [2.05, 4.69) is 36.0 Å². The van der Waals surface area contributed by atoms with Crippen LogP contribution in [0.2, 0.25) is 0 Å². The first-order valence-corrected chi connectivity index (χ1v) is 13.7. The van der Waals surface area contributed by atoms with Gasteiger partial charge in [0.1, 0.15) is 5.82 Å². The van der Waals surface area contributed by atoms with Crippen molar-refractivity contribution in [1.29, 1.82) is 0 Å². The number of carbonyl (C=O) groups is 1. The van der Waals surface area contributed by atoms with Gasteiger partial charge in [-0.25, -0.2) is 14.5 Å². The average Bonchev–Trinajstić information content (AvgIpc) is 3.52. The molecule has 0 saturated carbocycles. The van der Waals surface area contributed by atoms with Crippen molar-refractivity contribution in [1.82, 2.24) is 24.4 Å². The molecular formula is C30H38N6O3. The van der Waals surface area contributed by atoms with Gasteiger partial charge in [-0.1, -0.05) is 58.0 Å². The van der Waals surface area contributed by atoms with Gasteiger partial charge in [0.2, 0.25) is 0 Å². The molecule has 1 aliphatic heterocycles. The maximum Gasteiger partial charge on any atom is 0.337 e. The van der Waals surface area contributed by atoms with Crippen molar-refractivity contribution in [2.75, 3.05) is 24.6 Å². The van der Waals surface area contributed by atoms with Crippen molar-refractivity contribution < 1.29 is 14.6 Å². The molecule has 0 spiro atoms. The number of nitrogens with zero attached hydrogens (tertiary/aromatic N) is 6. The zero-order chi connectivity index (χ0) is 27.7. The van der Waals surface area contributed by atoms with Crippen molar-refractivity contribution in [3.63, 3.8) is 0 Å². The quantitative estimate of drug-likeness (QED) is 0.316. The molecule has 9 heteroatoms. The molecule has 1 aliphatic rings. The van der Waals surface area contributed by atoms with Crippen LogP contribution in [0.1, 0.15) is 69.0 Å². The lowest BCUT2D eigenvalue weighted by Crippen LogP contribution is -2.39. The van der Waals surface area contributed by atoms with Crippen molar-refractivity contribution in [3.8, 4) is 5.82 Å². The van der Waals surface area contributed by atoms with Crippen LogP contribution in [0, 0.1) is 18.3 Å². The first-order valence-electron chi connectivity index (χ1n) is 13.7. The normalized spacial score (nSPS) is 16.2. The van der Waals surface area contributed by atoms with Gasteiger partial charge in [-0.2, -0.15) is 9.61 Å². The van der Waals surface area contributed by atoms with Crippen LogP contribution in [0.3, 0.4) is 0 Å². The number of ether oxygens (including phenoxy) is 1. The number of fused-ring (bicyclic) bond motifs is 1. The Morgan fingerprint density at radius 3 is 2.51 bits per heavy atom. The monoisotopic (exact) mass is 530 g/mol. The third-order valence-electron chi connectivity index (χ3n) is 7.41. The summed E-state index contributed by atoms with van der Waals surface area (Å²) in [5.74, 6) is 0.548. The highest BCUT2D eigenvalue weighted by atomic mass is 16.5. The minimum Gasteiger partial charge on any atom is -0.479 e. The summed E-state index contributed by atoms with van der Waals surface area (Å²) in [7, 11) is 0. The van der Waals surface area contributed by atoms with E-state index in [-0.39, 0.29) is 11.3 Å². The molecule has 1 fully saturated rings. The fourth-order valence-corrected chi connectivity index (χ4v) is 5.12. The van der Waals surface area contributed by atoms with Crippen LogP contribution in [-0.4, -0.2) is 55.2 Å². The first kappa shape index (κ1) is 26.9. The minimum atomic E-state index is -1.14. The Balaban J connectivity index is 1.58. The highest BCUT2D eigenvalue weighted by molar-refractivity contribution is 5.78. The van der Waals surface area contributed by atoms with Gasteiger partial charge in [0.15, 0.2) is 17.6 Å². The Morgan fingerprint density at radius 2 is 1.85 bits per heavy atom. The zero-order valence-electron chi connectivity index (χ0n) is 23.5. The van der Waals surface area contributed by atoms with E-state index in [9.17, 15) is 9.90 Å². The molecular weight excluding hydrogens is 492 g/mol. The third kappa shape index (κ3) is 5.83. The molecule has 0 unspecified atom stereocenters. The second-order valence-corrected chi connectivity index (χ2v) is 11.8. The van der Waals surface area contributed by atoms with Crippen LogP contribution in [0.25, 0.3) is 11.5 Å². The Kier molecular flexibility index (Phi) is 7.44. The maximum atomic E-state index is 12.5. The summed E-state index contributed by atoms with van der Waals surface area (Å²) in [6.07, 6.45) is 5.47. The molecule has 3 aromatic heterocycles. The van der Waals surface area contributed by atoms with Crippen LogP contribution < -0.4 is 4.90 Å². The van der Waals surface area contributed by atoms with Gasteiger partial charge in [-0.3, -0.25) is 0 Å². The topological polar surface area (TPSA) is 97.8 Å². The van der Waals surface area contributed by atoms with E-state index in [4.69, 9.17) is 14.8 Å². The first-order chi connectivity index (χ1) is 18.6. The van der Waals surface area contributed by atoms with Gasteiger partial charge < -0.3 is 14.7 Å². The van der Waals surface area contributed by atoms with Crippen molar-refractivity contribution in [2.24, 2.45) is 11.3 Å². The summed E-state index contributed by atoms with van der Waals surface area (Å²) < 4.78 is 9.52. The van der Waals surface area contributed by atoms with Gasteiger partial charge in [0.25, 0.3) is 0 Å². The number of benzene rings is 1. The van der Waals surface area contributed by atoms with Gasteiger partial charge in [-0.05, 0) is 42.2 Å². The number of carboxylic acids is 1. The van der Waals surface area contributed by atoms with Crippen molar-refractivity contribution >= 4 is 17.4 Å². The van der Waals surface area contributed by atoms with E-state index in [0.29, 0.717) is 29.3 Å². The van der Waals surface area contributed by atoms with Crippen LogP contribution in [0.5, 0.6) is 0 Å². The molecule has 1 aromatic carbocycles. The summed E-state index contributed by atoms with van der Waals surface area (Å²) in [5, 5.41) is 19.7. The van der Waals surface area contributed by atoms with E-state index >= 15 is 0 Å². The van der Waals surface area contributed by atoms with Crippen LogP contribution in [-0.2, 0) is 16.0 Å². The molecule has 0 amide bonds. The van der Waals surface area contributed by atoms with Crippen LogP contribution >= 0.6 is 0 Å². The molecule has 0 bridgehead atoms. The van der Waals surface area contributed by atoms with E-state index in [0.717, 1.165) is 43.7 Å².